The maximum absolute atomic E-state index is 11.9. The molecule has 0 aromatic heterocycles. The largest absolute Gasteiger partial charge is 0.335 e. The minimum Gasteiger partial charge on any atom is -0.335 e. The van der Waals surface area contributed by atoms with Gasteiger partial charge in [0.05, 0.1) is 0 Å². The lowest BCUT2D eigenvalue weighted by Crippen LogP contribution is -2.47. The number of hydrogen-bond acceptors (Lipinski definition) is 1. The number of amides is 2. The van der Waals surface area contributed by atoms with Crippen molar-refractivity contribution in [1.29, 1.82) is 0 Å². The molecule has 1 aliphatic carbocycles. The number of nitrogens with zero attached hydrogens (tertiary/aromatic N) is 1. The summed E-state index contributed by atoms with van der Waals surface area (Å²) in [6, 6.07) is 0.476. The number of carbonyl (C=O) groups excluding carboxylic acids is 1. The van der Waals surface area contributed by atoms with E-state index < -0.39 is 0 Å². The van der Waals surface area contributed by atoms with Gasteiger partial charge in [-0.05, 0) is 38.5 Å². The smallest absolute Gasteiger partial charge is 0.317 e. The normalized spacial score (nSPS) is 23.9. The van der Waals surface area contributed by atoms with E-state index in [-0.39, 0.29) is 6.03 Å². The summed E-state index contributed by atoms with van der Waals surface area (Å²) in [5.41, 5.74) is 0.388. The Labute approximate surface area is 99.6 Å². The van der Waals surface area contributed by atoms with E-state index in [1.165, 1.54) is 12.8 Å². The zero-order valence-electron chi connectivity index (χ0n) is 11.2. The quantitative estimate of drug-likeness (QED) is 0.788. The van der Waals surface area contributed by atoms with Gasteiger partial charge in [-0.15, -0.1) is 0 Å². The van der Waals surface area contributed by atoms with E-state index >= 15 is 0 Å². The van der Waals surface area contributed by atoms with Crippen LogP contribution >= 0.6 is 0 Å². The number of urea groups is 1. The first kappa shape index (κ1) is 13.3. The van der Waals surface area contributed by atoms with Crippen molar-refractivity contribution in [3.8, 4) is 0 Å². The molecule has 1 N–H and O–H groups in total. The lowest BCUT2D eigenvalue weighted by atomic mass is 9.75. The zero-order chi connectivity index (χ0) is 12.2. The highest BCUT2D eigenvalue weighted by Gasteiger charge is 2.29. The Morgan fingerprint density at radius 1 is 1.38 bits per heavy atom. The van der Waals surface area contributed by atoms with E-state index in [0.717, 1.165) is 25.9 Å². The third kappa shape index (κ3) is 3.69. The predicted octanol–water partition coefficient (Wildman–Crippen LogP) is 3.01. The van der Waals surface area contributed by atoms with Crippen molar-refractivity contribution < 1.29 is 4.79 Å². The molecule has 0 bridgehead atoms. The molecule has 3 nitrogen and oxygen atoms in total. The van der Waals surface area contributed by atoms with Crippen LogP contribution in [0.25, 0.3) is 0 Å². The van der Waals surface area contributed by atoms with Gasteiger partial charge in [-0.3, -0.25) is 0 Å². The van der Waals surface area contributed by atoms with E-state index in [4.69, 9.17) is 0 Å². The van der Waals surface area contributed by atoms with E-state index in [1.54, 1.807) is 0 Å². The van der Waals surface area contributed by atoms with Crippen LogP contribution in [-0.4, -0.2) is 30.1 Å². The van der Waals surface area contributed by atoms with Crippen LogP contribution in [-0.2, 0) is 0 Å². The van der Waals surface area contributed by atoms with Gasteiger partial charge in [0.15, 0.2) is 0 Å². The molecule has 1 rings (SSSR count). The molecule has 0 aromatic rings. The number of carbonyl (C=O) groups is 1. The van der Waals surface area contributed by atoms with Gasteiger partial charge in [0.1, 0.15) is 0 Å². The summed E-state index contributed by atoms with van der Waals surface area (Å²) in [6.07, 6.45) is 4.76. The monoisotopic (exact) mass is 226 g/mol. The van der Waals surface area contributed by atoms with Crippen molar-refractivity contribution in [2.24, 2.45) is 5.41 Å². The topological polar surface area (TPSA) is 32.3 Å². The van der Waals surface area contributed by atoms with Gasteiger partial charge < -0.3 is 10.2 Å². The lowest BCUT2D eigenvalue weighted by Gasteiger charge is -2.36. The van der Waals surface area contributed by atoms with Crippen LogP contribution in [0.4, 0.5) is 4.79 Å². The summed E-state index contributed by atoms with van der Waals surface area (Å²) in [5.74, 6) is 0. The maximum atomic E-state index is 11.9. The molecule has 0 aromatic carbocycles. The van der Waals surface area contributed by atoms with Crippen LogP contribution in [0, 0.1) is 5.41 Å². The molecule has 1 saturated carbocycles. The average molecular weight is 226 g/mol. The van der Waals surface area contributed by atoms with Crippen LogP contribution in [0.1, 0.15) is 53.4 Å². The summed E-state index contributed by atoms with van der Waals surface area (Å²) >= 11 is 0. The fourth-order valence-electron chi connectivity index (χ4n) is 2.60. The Bertz CT molecular complexity index is 234. The van der Waals surface area contributed by atoms with Crippen LogP contribution in [0.3, 0.4) is 0 Å². The minimum atomic E-state index is 0.104. The molecule has 1 atom stereocenters. The molecule has 16 heavy (non-hydrogen) atoms. The van der Waals surface area contributed by atoms with Crippen molar-refractivity contribution in [1.82, 2.24) is 10.2 Å². The third-order valence-corrected chi connectivity index (χ3v) is 3.58. The van der Waals surface area contributed by atoms with E-state index in [1.807, 2.05) is 18.7 Å². The van der Waals surface area contributed by atoms with Crippen molar-refractivity contribution in [2.75, 3.05) is 13.1 Å². The number of hydrogen-bond donors (Lipinski definition) is 1. The van der Waals surface area contributed by atoms with E-state index in [0.29, 0.717) is 11.5 Å². The van der Waals surface area contributed by atoms with Crippen LogP contribution < -0.4 is 5.32 Å². The average Bonchev–Trinajstić information content (AvgIpc) is 2.17. The molecule has 94 valence electrons. The summed E-state index contributed by atoms with van der Waals surface area (Å²) < 4.78 is 0. The Hall–Kier alpha value is -0.730. The zero-order valence-corrected chi connectivity index (χ0v) is 11.2. The molecular weight excluding hydrogens is 200 g/mol. The van der Waals surface area contributed by atoms with Gasteiger partial charge in [0.2, 0.25) is 0 Å². The van der Waals surface area contributed by atoms with Crippen LogP contribution in [0.15, 0.2) is 0 Å². The fraction of sp³-hybridized carbons (Fsp3) is 0.923. The van der Waals surface area contributed by atoms with Crippen LogP contribution in [0.5, 0.6) is 0 Å². The van der Waals surface area contributed by atoms with E-state index in [9.17, 15) is 4.79 Å². The molecule has 1 unspecified atom stereocenters. The molecule has 2 amide bonds. The molecule has 0 aliphatic heterocycles. The summed E-state index contributed by atoms with van der Waals surface area (Å²) in [5, 5.41) is 3.16. The van der Waals surface area contributed by atoms with Crippen molar-refractivity contribution in [3.05, 3.63) is 0 Å². The van der Waals surface area contributed by atoms with E-state index in [2.05, 4.69) is 19.2 Å². The first-order chi connectivity index (χ1) is 7.48. The van der Waals surface area contributed by atoms with Gasteiger partial charge in [-0.25, -0.2) is 4.79 Å². The first-order valence-corrected chi connectivity index (χ1v) is 6.54. The van der Waals surface area contributed by atoms with Crippen molar-refractivity contribution in [3.63, 3.8) is 0 Å². The Morgan fingerprint density at radius 2 is 2.00 bits per heavy atom. The van der Waals surface area contributed by atoms with Crippen molar-refractivity contribution in [2.45, 2.75) is 59.4 Å². The Balaban J connectivity index is 2.44. The highest BCUT2D eigenvalue weighted by Crippen LogP contribution is 2.35. The maximum Gasteiger partial charge on any atom is 0.317 e. The standard InChI is InChI=1S/C13H26N2O/c1-5-15(6-2)12(16)14-11-8-7-9-13(3,4)10-11/h11H,5-10H2,1-4H3,(H,14,16). The second kappa shape index (κ2) is 5.55. The van der Waals surface area contributed by atoms with Gasteiger partial charge in [-0.2, -0.15) is 0 Å². The second-order valence-corrected chi connectivity index (χ2v) is 5.58. The molecule has 0 spiro atoms. The van der Waals surface area contributed by atoms with Gasteiger partial charge >= 0.3 is 6.03 Å². The fourth-order valence-corrected chi connectivity index (χ4v) is 2.60. The SMILES string of the molecule is CCN(CC)C(=O)NC1CCCC(C)(C)C1. The predicted molar refractivity (Wildman–Crippen MR) is 67.5 cm³/mol. The minimum absolute atomic E-state index is 0.104. The highest BCUT2D eigenvalue weighted by molar-refractivity contribution is 5.74. The molecule has 0 radical (unpaired) electrons. The molecule has 3 heteroatoms. The second-order valence-electron chi connectivity index (χ2n) is 5.58. The van der Waals surface area contributed by atoms with Gasteiger partial charge in [-0.1, -0.05) is 20.3 Å². The summed E-state index contributed by atoms with van der Waals surface area (Å²) in [4.78, 5) is 13.7. The number of rotatable bonds is 3. The molecule has 0 heterocycles. The van der Waals surface area contributed by atoms with Crippen molar-refractivity contribution >= 4 is 6.03 Å². The summed E-state index contributed by atoms with van der Waals surface area (Å²) in [6.45, 7) is 10.2. The molecular formula is C13H26N2O. The summed E-state index contributed by atoms with van der Waals surface area (Å²) in [7, 11) is 0. The van der Waals surface area contributed by atoms with Gasteiger partial charge in [0.25, 0.3) is 0 Å². The molecule has 0 saturated heterocycles. The third-order valence-electron chi connectivity index (χ3n) is 3.58. The van der Waals surface area contributed by atoms with Crippen LogP contribution in [0.2, 0.25) is 0 Å². The van der Waals surface area contributed by atoms with Gasteiger partial charge in [0, 0.05) is 19.1 Å². The molecule has 1 fully saturated rings. The Morgan fingerprint density at radius 3 is 2.50 bits per heavy atom. The number of nitrogens with one attached hydrogen (secondary N) is 1. The lowest BCUT2D eigenvalue weighted by molar-refractivity contribution is 0.172. The Kier molecular flexibility index (Phi) is 4.63. The first-order valence-electron chi connectivity index (χ1n) is 6.54. The molecule has 1 aliphatic rings. The highest BCUT2D eigenvalue weighted by atomic mass is 16.2.